The molecule has 0 radical (unpaired) electrons. The van der Waals surface area contributed by atoms with Crippen LogP contribution >= 0.6 is 0 Å². The van der Waals surface area contributed by atoms with Crippen molar-refractivity contribution in [1.82, 2.24) is 0 Å². The van der Waals surface area contributed by atoms with Gasteiger partial charge in [0.1, 0.15) is 5.78 Å². The maximum atomic E-state index is 11.4. The highest BCUT2D eigenvalue weighted by Gasteiger charge is 2.42. The molecule has 2 unspecified atom stereocenters. The minimum atomic E-state index is 0.120. The number of hydrogen-bond donors (Lipinski definition) is 0. The molecule has 0 aliphatic heterocycles. The van der Waals surface area contributed by atoms with Crippen molar-refractivity contribution in [2.75, 3.05) is 0 Å². The van der Waals surface area contributed by atoms with Crippen molar-refractivity contribution in [3.63, 3.8) is 0 Å². The predicted octanol–water partition coefficient (Wildman–Crippen LogP) is 2.71. The second-order valence-electron chi connectivity index (χ2n) is 4.76. The van der Waals surface area contributed by atoms with Gasteiger partial charge in [0, 0.05) is 12.0 Å². The van der Waals surface area contributed by atoms with Gasteiger partial charge in [0.2, 0.25) is 0 Å². The van der Waals surface area contributed by atoms with Gasteiger partial charge in [-0.1, -0.05) is 19.9 Å². The number of allylic oxidation sites excluding steroid dienone is 2. The number of carbonyl (C=O) groups excluding carboxylic acids is 1. The van der Waals surface area contributed by atoms with E-state index in [1.807, 2.05) is 12.1 Å². The number of carbonyl (C=O) groups is 1. The zero-order valence-electron chi connectivity index (χ0n) is 9.08. The SMILES string of the molecule is CC(=O)C1CCC(C)(C)C1/C=C/C#N. The molecule has 0 amide bonds. The second kappa shape index (κ2) is 3.96. The quantitative estimate of drug-likeness (QED) is 0.630. The monoisotopic (exact) mass is 191 g/mol. The first-order chi connectivity index (χ1) is 6.49. The van der Waals surface area contributed by atoms with E-state index in [4.69, 9.17) is 5.26 Å². The van der Waals surface area contributed by atoms with Crippen molar-refractivity contribution in [2.45, 2.75) is 33.6 Å². The molecule has 1 aliphatic rings. The van der Waals surface area contributed by atoms with E-state index in [0.29, 0.717) is 0 Å². The molecular weight excluding hydrogens is 174 g/mol. The van der Waals surface area contributed by atoms with Crippen molar-refractivity contribution in [2.24, 2.45) is 17.3 Å². The lowest BCUT2D eigenvalue weighted by Crippen LogP contribution is -2.23. The molecule has 0 aromatic carbocycles. The summed E-state index contributed by atoms with van der Waals surface area (Å²) in [6, 6.07) is 2.00. The molecule has 0 bridgehead atoms. The fourth-order valence-corrected chi connectivity index (χ4v) is 2.42. The van der Waals surface area contributed by atoms with Gasteiger partial charge >= 0.3 is 0 Å². The van der Waals surface area contributed by atoms with Crippen LogP contribution in [0.2, 0.25) is 0 Å². The van der Waals surface area contributed by atoms with E-state index in [2.05, 4.69) is 13.8 Å². The summed E-state index contributed by atoms with van der Waals surface area (Å²) in [6.45, 7) is 5.99. The molecule has 1 saturated carbocycles. The van der Waals surface area contributed by atoms with Gasteiger partial charge < -0.3 is 0 Å². The average molecular weight is 191 g/mol. The van der Waals surface area contributed by atoms with Crippen LogP contribution in [0.1, 0.15) is 33.6 Å². The maximum absolute atomic E-state index is 11.4. The zero-order chi connectivity index (χ0) is 10.8. The molecule has 0 aromatic heterocycles. The molecule has 76 valence electrons. The van der Waals surface area contributed by atoms with Gasteiger partial charge in [-0.2, -0.15) is 5.26 Å². The van der Waals surface area contributed by atoms with Crippen molar-refractivity contribution in [3.05, 3.63) is 12.2 Å². The molecule has 2 heteroatoms. The first-order valence-corrected chi connectivity index (χ1v) is 5.06. The van der Waals surface area contributed by atoms with E-state index in [9.17, 15) is 4.79 Å². The molecule has 14 heavy (non-hydrogen) atoms. The summed E-state index contributed by atoms with van der Waals surface area (Å²) in [6.07, 6.45) is 5.44. The zero-order valence-corrected chi connectivity index (χ0v) is 9.08. The Balaban J connectivity index is 2.88. The van der Waals surface area contributed by atoms with Gasteiger partial charge in [-0.15, -0.1) is 0 Å². The molecule has 0 N–H and O–H groups in total. The third-order valence-electron chi connectivity index (χ3n) is 3.34. The average Bonchev–Trinajstić information content (AvgIpc) is 2.38. The summed E-state index contributed by atoms with van der Waals surface area (Å²) >= 11 is 0. The second-order valence-corrected chi connectivity index (χ2v) is 4.76. The molecular formula is C12H17NO. The Hall–Kier alpha value is -1.10. The molecule has 0 aromatic rings. The van der Waals surface area contributed by atoms with Crippen LogP contribution in [0, 0.1) is 28.6 Å². The summed E-state index contributed by atoms with van der Waals surface area (Å²) in [7, 11) is 0. The predicted molar refractivity (Wildman–Crippen MR) is 55.4 cm³/mol. The molecule has 0 saturated heterocycles. The van der Waals surface area contributed by atoms with Gasteiger partial charge in [-0.3, -0.25) is 4.79 Å². The van der Waals surface area contributed by atoms with Crippen LogP contribution in [-0.4, -0.2) is 5.78 Å². The number of Topliss-reactive ketones (excluding diaryl/α,β-unsaturated/α-hetero) is 1. The van der Waals surface area contributed by atoms with E-state index in [1.54, 1.807) is 6.92 Å². The van der Waals surface area contributed by atoms with Crippen LogP contribution in [0.3, 0.4) is 0 Å². The number of hydrogen-bond acceptors (Lipinski definition) is 2. The van der Waals surface area contributed by atoms with Crippen LogP contribution in [0.25, 0.3) is 0 Å². The summed E-state index contributed by atoms with van der Waals surface area (Å²) in [4.78, 5) is 11.4. The number of rotatable bonds is 2. The Morgan fingerprint density at radius 3 is 2.71 bits per heavy atom. The summed E-state index contributed by atoms with van der Waals surface area (Å²) < 4.78 is 0. The Bertz CT molecular complexity index is 296. The Morgan fingerprint density at radius 2 is 2.21 bits per heavy atom. The van der Waals surface area contributed by atoms with E-state index >= 15 is 0 Å². The number of nitrogens with zero attached hydrogens (tertiary/aromatic N) is 1. The lowest BCUT2D eigenvalue weighted by molar-refractivity contribution is -0.121. The van der Waals surface area contributed by atoms with E-state index < -0.39 is 0 Å². The fraction of sp³-hybridized carbons (Fsp3) is 0.667. The van der Waals surface area contributed by atoms with Crippen molar-refractivity contribution < 1.29 is 4.79 Å². The first-order valence-electron chi connectivity index (χ1n) is 5.06. The van der Waals surface area contributed by atoms with Gasteiger partial charge in [0.05, 0.1) is 6.07 Å². The molecule has 1 fully saturated rings. The topological polar surface area (TPSA) is 40.9 Å². The summed E-state index contributed by atoms with van der Waals surface area (Å²) in [5, 5.41) is 8.50. The Morgan fingerprint density at radius 1 is 1.57 bits per heavy atom. The van der Waals surface area contributed by atoms with Crippen LogP contribution < -0.4 is 0 Å². The highest BCUT2D eigenvalue weighted by molar-refractivity contribution is 5.79. The van der Waals surface area contributed by atoms with Crippen molar-refractivity contribution in [3.8, 4) is 6.07 Å². The first kappa shape index (κ1) is 11.0. The standard InChI is InChI=1S/C12H17NO/c1-9(14)10-6-7-12(2,3)11(10)5-4-8-13/h4-5,10-11H,6-7H2,1-3H3/b5-4+. The van der Waals surface area contributed by atoms with Gasteiger partial charge in [-0.25, -0.2) is 0 Å². The Kier molecular flexibility index (Phi) is 3.10. The molecule has 1 aliphatic carbocycles. The number of ketones is 1. The molecule has 0 heterocycles. The molecule has 0 spiro atoms. The van der Waals surface area contributed by atoms with Crippen LogP contribution in [0.4, 0.5) is 0 Å². The summed E-state index contributed by atoms with van der Waals surface area (Å²) in [5.74, 6) is 0.609. The van der Waals surface area contributed by atoms with E-state index in [1.165, 1.54) is 6.08 Å². The van der Waals surface area contributed by atoms with Crippen LogP contribution in [0.15, 0.2) is 12.2 Å². The fourth-order valence-electron chi connectivity index (χ4n) is 2.42. The molecule has 1 rings (SSSR count). The highest BCUT2D eigenvalue weighted by Crippen LogP contribution is 2.47. The third kappa shape index (κ3) is 2.04. The van der Waals surface area contributed by atoms with Crippen LogP contribution in [0.5, 0.6) is 0 Å². The van der Waals surface area contributed by atoms with Crippen molar-refractivity contribution >= 4 is 5.78 Å². The van der Waals surface area contributed by atoms with E-state index in [0.717, 1.165) is 12.8 Å². The minimum absolute atomic E-state index is 0.120. The van der Waals surface area contributed by atoms with Gasteiger partial charge in [-0.05, 0) is 31.1 Å². The molecule has 2 nitrogen and oxygen atoms in total. The third-order valence-corrected chi connectivity index (χ3v) is 3.34. The smallest absolute Gasteiger partial charge is 0.133 e. The summed E-state index contributed by atoms with van der Waals surface area (Å²) in [5.41, 5.74) is 0.156. The van der Waals surface area contributed by atoms with Gasteiger partial charge in [0.25, 0.3) is 0 Å². The lowest BCUT2D eigenvalue weighted by atomic mass is 9.77. The number of nitriles is 1. The molecule has 2 atom stereocenters. The lowest BCUT2D eigenvalue weighted by Gasteiger charge is -2.26. The minimum Gasteiger partial charge on any atom is -0.300 e. The largest absolute Gasteiger partial charge is 0.300 e. The van der Waals surface area contributed by atoms with E-state index in [-0.39, 0.29) is 23.0 Å². The Labute approximate surface area is 85.6 Å². The highest BCUT2D eigenvalue weighted by atomic mass is 16.1. The van der Waals surface area contributed by atoms with Gasteiger partial charge in [0.15, 0.2) is 0 Å². The van der Waals surface area contributed by atoms with Crippen molar-refractivity contribution in [1.29, 1.82) is 5.26 Å². The van der Waals surface area contributed by atoms with Crippen LogP contribution in [-0.2, 0) is 4.79 Å². The maximum Gasteiger partial charge on any atom is 0.133 e. The normalized spacial score (nSPS) is 30.4.